The molecule has 134 valence electrons. The highest BCUT2D eigenvalue weighted by Gasteiger charge is 2.11. The summed E-state index contributed by atoms with van der Waals surface area (Å²) in [4.78, 5) is 29.1. The Balaban J connectivity index is 1.85. The number of aromatic nitrogens is 2. The van der Waals surface area contributed by atoms with Gasteiger partial charge in [-0.3, -0.25) is 18.9 Å². The summed E-state index contributed by atoms with van der Waals surface area (Å²) in [5.41, 5.74) is 0.839. The molecule has 1 heterocycles. The first-order valence-corrected chi connectivity index (χ1v) is 9.76. The highest BCUT2D eigenvalue weighted by molar-refractivity contribution is 7.92. The summed E-state index contributed by atoms with van der Waals surface area (Å²) >= 11 is 5.91. The molecule has 2 aromatic carbocycles. The minimum Gasteiger partial charge on any atom is -0.292 e. The summed E-state index contributed by atoms with van der Waals surface area (Å²) in [6.07, 6.45) is 2.35. The van der Waals surface area contributed by atoms with Gasteiger partial charge in [-0.2, -0.15) is 0 Å². The number of ketones is 1. The molecule has 0 bridgehead atoms. The van der Waals surface area contributed by atoms with Gasteiger partial charge >= 0.3 is 0 Å². The smallest absolute Gasteiger partial charge is 0.261 e. The number of hydrogen-bond donors (Lipinski definition) is 1. The molecule has 0 saturated carbocycles. The van der Waals surface area contributed by atoms with E-state index in [1.165, 1.54) is 41.2 Å². The fraction of sp³-hybridized carbons (Fsp3) is 0.118. The van der Waals surface area contributed by atoms with Crippen LogP contribution in [0.2, 0.25) is 5.02 Å². The predicted octanol–water partition coefficient (Wildman–Crippen LogP) is 2.30. The number of nitrogens with zero attached hydrogens (tertiary/aromatic N) is 2. The van der Waals surface area contributed by atoms with Crippen molar-refractivity contribution in [3.63, 3.8) is 0 Å². The van der Waals surface area contributed by atoms with Gasteiger partial charge in [-0.25, -0.2) is 13.4 Å². The topological polar surface area (TPSA) is 98.1 Å². The number of Topliss-reactive ketones (excluding diaryl/α,β-unsaturated/α-hetero) is 1. The lowest BCUT2D eigenvalue weighted by molar-refractivity contribution is 0.0970. The van der Waals surface area contributed by atoms with Crippen molar-refractivity contribution in [2.45, 2.75) is 6.54 Å². The van der Waals surface area contributed by atoms with Crippen molar-refractivity contribution in [1.82, 2.24) is 9.55 Å². The first kappa shape index (κ1) is 18.1. The molecule has 0 radical (unpaired) electrons. The van der Waals surface area contributed by atoms with E-state index in [1.54, 1.807) is 12.1 Å². The van der Waals surface area contributed by atoms with Gasteiger partial charge in [0.2, 0.25) is 10.0 Å². The second kappa shape index (κ2) is 6.89. The number of fused-ring (bicyclic) bond motifs is 1. The Labute approximate surface area is 154 Å². The third-order valence-corrected chi connectivity index (χ3v) is 4.45. The van der Waals surface area contributed by atoms with Crippen LogP contribution in [0.5, 0.6) is 0 Å². The average molecular weight is 392 g/mol. The summed E-state index contributed by atoms with van der Waals surface area (Å²) in [6.45, 7) is -0.187. The van der Waals surface area contributed by atoms with Crippen LogP contribution in [0, 0.1) is 0 Å². The molecule has 3 aromatic rings. The standard InChI is InChI=1S/C17H14ClN3O4S/c1-26(24,25)20-13-5-2-11(3-6-13)16(22)9-21-10-19-15-7-4-12(18)8-14(15)17(21)23/h2-8,10,20H,9H2,1H3. The maximum absolute atomic E-state index is 12.5. The van der Waals surface area contributed by atoms with E-state index in [9.17, 15) is 18.0 Å². The Morgan fingerprint density at radius 3 is 2.54 bits per heavy atom. The molecule has 0 fully saturated rings. The maximum Gasteiger partial charge on any atom is 0.261 e. The second-order valence-corrected chi connectivity index (χ2v) is 7.90. The lowest BCUT2D eigenvalue weighted by atomic mass is 10.1. The molecule has 26 heavy (non-hydrogen) atoms. The van der Waals surface area contributed by atoms with Crippen molar-refractivity contribution in [1.29, 1.82) is 0 Å². The van der Waals surface area contributed by atoms with E-state index in [2.05, 4.69) is 9.71 Å². The molecule has 0 aliphatic heterocycles. The Hall–Kier alpha value is -2.71. The largest absolute Gasteiger partial charge is 0.292 e. The van der Waals surface area contributed by atoms with Crippen LogP contribution in [0.25, 0.3) is 10.9 Å². The highest BCUT2D eigenvalue weighted by Crippen LogP contribution is 2.15. The minimum atomic E-state index is -3.39. The van der Waals surface area contributed by atoms with Gasteiger partial charge in [0.1, 0.15) is 0 Å². The van der Waals surface area contributed by atoms with Crippen molar-refractivity contribution in [2.24, 2.45) is 0 Å². The van der Waals surface area contributed by atoms with Crippen molar-refractivity contribution >= 4 is 44.0 Å². The molecular formula is C17H14ClN3O4S. The third-order valence-electron chi connectivity index (χ3n) is 3.61. The molecule has 7 nitrogen and oxygen atoms in total. The monoisotopic (exact) mass is 391 g/mol. The van der Waals surface area contributed by atoms with Crippen LogP contribution in [-0.2, 0) is 16.6 Å². The summed E-state index contributed by atoms with van der Waals surface area (Å²) in [7, 11) is -3.39. The SMILES string of the molecule is CS(=O)(=O)Nc1ccc(C(=O)Cn2cnc3ccc(Cl)cc3c2=O)cc1. The summed E-state index contributed by atoms with van der Waals surface area (Å²) in [5, 5.41) is 0.745. The number of anilines is 1. The van der Waals surface area contributed by atoms with Crippen LogP contribution in [-0.4, -0.2) is 30.0 Å². The van der Waals surface area contributed by atoms with Gasteiger partial charge in [0.05, 0.1) is 30.0 Å². The first-order chi connectivity index (χ1) is 12.2. The van der Waals surface area contributed by atoms with Crippen LogP contribution in [0.15, 0.2) is 53.6 Å². The molecule has 0 saturated heterocycles. The van der Waals surface area contributed by atoms with Crippen LogP contribution in [0.4, 0.5) is 5.69 Å². The van der Waals surface area contributed by atoms with E-state index in [-0.39, 0.29) is 17.9 Å². The molecule has 9 heteroatoms. The number of carbonyl (C=O) groups is 1. The van der Waals surface area contributed by atoms with Gasteiger partial charge in [0.15, 0.2) is 5.78 Å². The van der Waals surface area contributed by atoms with E-state index >= 15 is 0 Å². The third kappa shape index (κ3) is 4.09. The Morgan fingerprint density at radius 2 is 1.88 bits per heavy atom. The number of rotatable bonds is 5. The molecular weight excluding hydrogens is 378 g/mol. The molecule has 1 aromatic heterocycles. The number of halogens is 1. The van der Waals surface area contributed by atoms with E-state index in [0.717, 1.165) is 6.26 Å². The lowest BCUT2D eigenvalue weighted by Crippen LogP contribution is -2.24. The average Bonchev–Trinajstić information content (AvgIpc) is 2.57. The zero-order valence-corrected chi connectivity index (χ0v) is 15.2. The predicted molar refractivity (Wildman–Crippen MR) is 100 cm³/mol. The second-order valence-electron chi connectivity index (χ2n) is 5.71. The fourth-order valence-electron chi connectivity index (χ4n) is 2.43. The summed E-state index contributed by atoms with van der Waals surface area (Å²) < 4.78 is 25.9. The summed E-state index contributed by atoms with van der Waals surface area (Å²) in [5.74, 6) is -0.304. The first-order valence-electron chi connectivity index (χ1n) is 7.49. The van der Waals surface area contributed by atoms with E-state index < -0.39 is 10.0 Å². The van der Waals surface area contributed by atoms with E-state index in [4.69, 9.17) is 11.6 Å². The summed E-state index contributed by atoms with van der Waals surface area (Å²) in [6, 6.07) is 10.7. The Morgan fingerprint density at radius 1 is 1.19 bits per heavy atom. The van der Waals surface area contributed by atoms with Gasteiger partial charge < -0.3 is 0 Å². The van der Waals surface area contributed by atoms with Crippen LogP contribution in [0.3, 0.4) is 0 Å². The number of benzene rings is 2. The Kier molecular flexibility index (Phi) is 4.80. The molecule has 1 N–H and O–H groups in total. The van der Waals surface area contributed by atoms with Crippen LogP contribution >= 0.6 is 11.6 Å². The van der Waals surface area contributed by atoms with Gasteiger partial charge in [-0.15, -0.1) is 0 Å². The molecule has 0 aliphatic carbocycles. The van der Waals surface area contributed by atoms with E-state index in [0.29, 0.717) is 27.2 Å². The molecule has 0 spiro atoms. The number of sulfonamides is 1. The maximum atomic E-state index is 12.5. The van der Waals surface area contributed by atoms with Gasteiger partial charge in [0, 0.05) is 16.3 Å². The number of hydrogen-bond acceptors (Lipinski definition) is 5. The molecule has 3 rings (SSSR count). The van der Waals surface area contributed by atoms with Crippen molar-refractivity contribution in [3.8, 4) is 0 Å². The quantitative estimate of drug-likeness (QED) is 0.673. The zero-order chi connectivity index (χ0) is 18.9. The van der Waals surface area contributed by atoms with E-state index in [1.807, 2.05) is 0 Å². The molecule has 0 amide bonds. The van der Waals surface area contributed by atoms with Gasteiger partial charge in [0.25, 0.3) is 5.56 Å². The molecule has 0 unspecified atom stereocenters. The zero-order valence-electron chi connectivity index (χ0n) is 13.6. The van der Waals surface area contributed by atoms with Crippen molar-refractivity contribution in [3.05, 3.63) is 69.7 Å². The molecule has 0 aliphatic rings. The van der Waals surface area contributed by atoms with Crippen molar-refractivity contribution in [2.75, 3.05) is 11.0 Å². The van der Waals surface area contributed by atoms with Crippen LogP contribution in [0.1, 0.15) is 10.4 Å². The lowest BCUT2D eigenvalue weighted by Gasteiger charge is -2.08. The minimum absolute atomic E-state index is 0.187. The van der Waals surface area contributed by atoms with Crippen LogP contribution < -0.4 is 10.3 Å². The number of carbonyl (C=O) groups excluding carboxylic acids is 1. The van der Waals surface area contributed by atoms with Gasteiger partial charge in [-0.1, -0.05) is 11.6 Å². The normalized spacial score (nSPS) is 11.5. The fourth-order valence-corrected chi connectivity index (χ4v) is 3.16. The Bertz CT molecular complexity index is 1150. The number of nitrogens with one attached hydrogen (secondary N) is 1. The van der Waals surface area contributed by atoms with Crippen molar-refractivity contribution < 1.29 is 13.2 Å². The molecule has 0 atom stereocenters. The highest BCUT2D eigenvalue weighted by atomic mass is 35.5. The van der Waals surface area contributed by atoms with Gasteiger partial charge in [-0.05, 0) is 42.5 Å².